The summed E-state index contributed by atoms with van der Waals surface area (Å²) in [6.07, 6.45) is 2.02. The van der Waals surface area contributed by atoms with Crippen LogP contribution in [0.15, 0.2) is 11.8 Å². The summed E-state index contributed by atoms with van der Waals surface area (Å²) < 4.78 is 0. The van der Waals surface area contributed by atoms with Crippen molar-refractivity contribution in [3.05, 3.63) is 11.8 Å². The molecule has 0 heterocycles. The minimum atomic E-state index is 0.711. The summed E-state index contributed by atoms with van der Waals surface area (Å²) in [5.41, 5.74) is 6.59. The van der Waals surface area contributed by atoms with E-state index in [0.717, 1.165) is 19.6 Å². The molecule has 0 aromatic rings. The largest absolute Gasteiger partial charge is 0.390 e. The normalized spacial score (nSPS) is 9.36. The fraction of sp³-hybridized carbons (Fsp3) is 0.750. The van der Waals surface area contributed by atoms with Crippen molar-refractivity contribution in [1.29, 1.82) is 0 Å². The predicted molar refractivity (Wildman–Crippen MR) is 49.4 cm³/mol. The Hall–Kier alpha value is -0.540. The molecule has 11 heavy (non-hydrogen) atoms. The van der Waals surface area contributed by atoms with Crippen LogP contribution < -0.4 is 16.4 Å². The molecule has 0 aromatic heterocycles. The first-order valence-electron chi connectivity index (χ1n) is 4.05. The zero-order valence-electron chi connectivity index (χ0n) is 7.48. The van der Waals surface area contributed by atoms with Crippen molar-refractivity contribution < 1.29 is 0 Å². The molecule has 3 nitrogen and oxygen atoms in total. The van der Waals surface area contributed by atoms with E-state index in [1.807, 2.05) is 6.20 Å². The van der Waals surface area contributed by atoms with Gasteiger partial charge >= 0.3 is 0 Å². The lowest BCUT2D eigenvalue weighted by Crippen LogP contribution is -2.28. The lowest BCUT2D eigenvalue weighted by Gasteiger charge is -2.02. The van der Waals surface area contributed by atoms with Gasteiger partial charge in [-0.15, -0.1) is 0 Å². The maximum absolute atomic E-state index is 5.30. The van der Waals surface area contributed by atoms with Crippen LogP contribution in [-0.2, 0) is 0 Å². The Morgan fingerprint density at radius 3 is 2.55 bits per heavy atom. The zero-order chi connectivity index (χ0) is 8.53. The van der Waals surface area contributed by atoms with E-state index in [1.54, 1.807) is 0 Å². The average Bonchev–Trinajstić information content (AvgIpc) is 1.96. The first kappa shape index (κ1) is 10.5. The maximum Gasteiger partial charge on any atom is 0.0266 e. The second kappa shape index (κ2) is 7.57. The third-order valence-corrected chi connectivity index (χ3v) is 1.16. The van der Waals surface area contributed by atoms with Gasteiger partial charge in [-0.05, 0) is 20.0 Å². The van der Waals surface area contributed by atoms with Gasteiger partial charge in [0.05, 0.1) is 0 Å². The molecular weight excluding hydrogens is 138 g/mol. The standard InChI is InChI=1S/C8H19N3/c1-8(2)7-11-6-5-10-4-3-9/h7,10-11H,3-6,9H2,1-2H3. The maximum atomic E-state index is 5.30. The molecule has 0 bridgehead atoms. The van der Waals surface area contributed by atoms with Crippen molar-refractivity contribution >= 4 is 0 Å². The smallest absolute Gasteiger partial charge is 0.0266 e. The van der Waals surface area contributed by atoms with Gasteiger partial charge in [0.1, 0.15) is 0 Å². The van der Waals surface area contributed by atoms with Gasteiger partial charge in [0.2, 0.25) is 0 Å². The Morgan fingerprint density at radius 1 is 1.27 bits per heavy atom. The predicted octanol–water partition coefficient (Wildman–Crippen LogP) is 0.0480. The molecule has 0 saturated heterocycles. The van der Waals surface area contributed by atoms with E-state index in [9.17, 15) is 0 Å². The molecule has 0 unspecified atom stereocenters. The van der Waals surface area contributed by atoms with E-state index < -0.39 is 0 Å². The Bertz CT molecular complexity index is 106. The van der Waals surface area contributed by atoms with Gasteiger partial charge in [0, 0.05) is 26.2 Å². The molecule has 3 heteroatoms. The van der Waals surface area contributed by atoms with Crippen molar-refractivity contribution in [1.82, 2.24) is 10.6 Å². The van der Waals surface area contributed by atoms with Crippen molar-refractivity contribution in [2.24, 2.45) is 5.73 Å². The first-order valence-corrected chi connectivity index (χ1v) is 4.05. The lowest BCUT2D eigenvalue weighted by molar-refractivity contribution is 0.665. The fourth-order valence-electron chi connectivity index (χ4n) is 0.664. The third kappa shape index (κ3) is 9.46. The quantitative estimate of drug-likeness (QED) is 0.477. The minimum Gasteiger partial charge on any atom is -0.390 e. The van der Waals surface area contributed by atoms with Gasteiger partial charge in [-0.3, -0.25) is 0 Å². The molecule has 0 aliphatic rings. The number of allylic oxidation sites excluding steroid dienone is 1. The van der Waals surface area contributed by atoms with E-state index in [1.165, 1.54) is 5.57 Å². The highest BCUT2D eigenvalue weighted by Gasteiger charge is 1.82. The molecule has 0 aliphatic heterocycles. The molecule has 0 atom stereocenters. The summed E-state index contributed by atoms with van der Waals surface area (Å²) in [6, 6.07) is 0. The number of hydrogen-bond donors (Lipinski definition) is 3. The minimum absolute atomic E-state index is 0.711. The molecule has 4 N–H and O–H groups in total. The molecule has 0 spiro atoms. The molecule has 0 radical (unpaired) electrons. The van der Waals surface area contributed by atoms with E-state index in [2.05, 4.69) is 24.5 Å². The van der Waals surface area contributed by atoms with Crippen LogP contribution >= 0.6 is 0 Å². The van der Waals surface area contributed by atoms with Gasteiger partial charge in [0.15, 0.2) is 0 Å². The summed E-state index contributed by atoms with van der Waals surface area (Å²) in [5.74, 6) is 0. The number of rotatable bonds is 6. The molecular formula is C8H19N3. The van der Waals surface area contributed by atoms with Crippen molar-refractivity contribution in [3.8, 4) is 0 Å². The van der Waals surface area contributed by atoms with Crippen LogP contribution in [0.3, 0.4) is 0 Å². The molecule has 0 fully saturated rings. The Balaban J connectivity index is 2.97. The van der Waals surface area contributed by atoms with Crippen molar-refractivity contribution in [3.63, 3.8) is 0 Å². The van der Waals surface area contributed by atoms with Gasteiger partial charge in [-0.1, -0.05) is 5.57 Å². The van der Waals surface area contributed by atoms with E-state index in [-0.39, 0.29) is 0 Å². The monoisotopic (exact) mass is 157 g/mol. The Morgan fingerprint density at radius 2 is 2.00 bits per heavy atom. The van der Waals surface area contributed by atoms with Crippen LogP contribution in [0.5, 0.6) is 0 Å². The topological polar surface area (TPSA) is 50.1 Å². The highest BCUT2D eigenvalue weighted by atomic mass is 14.9. The van der Waals surface area contributed by atoms with Crippen LogP contribution in [0.2, 0.25) is 0 Å². The molecule has 0 rings (SSSR count). The van der Waals surface area contributed by atoms with Crippen molar-refractivity contribution in [2.45, 2.75) is 13.8 Å². The SMILES string of the molecule is CC(C)=CNCCNCCN. The Kier molecular flexibility index (Phi) is 7.19. The second-order valence-electron chi connectivity index (χ2n) is 2.71. The van der Waals surface area contributed by atoms with Gasteiger partial charge in [0.25, 0.3) is 0 Å². The molecule has 0 aromatic carbocycles. The van der Waals surface area contributed by atoms with Crippen LogP contribution in [-0.4, -0.2) is 26.2 Å². The lowest BCUT2D eigenvalue weighted by atomic mass is 10.4. The van der Waals surface area contributed by atoms with E-state index in [0.29, 0.717) is 6.54 Å². The van der Waals surface area contributed by atoms with E-state index >= 15 is 0 Å². The molecule has 66 valence electrons. The number of nitrogens with two attached hydrogens (primary N) is 1. The van der Waals surface area contributed by atoms with Crippen LogP contribution in [0.25, 0.3) is 0 Å². The fourth-order valence-corrected chi connectivity index (χ4v) is 0.664. The number of nitrogens with one attached hydrogen (secondary N) is 2. The zero-order valence-corrected chi connectivity index (χ0v) is 7.48. The molecule has 0 amide bonds. The van der Waals surface area contributed by atoms with Crippen LogP contribution in [0.1, 0.15) is 13.8 Å². The average molecular weight is 157 g/mol. The van der Waals surface area contributed by atoms with Gasteiger partial charge in [-0.25, -0.2) is 0 Å². The summed E-state index contributed by atoms with van der Waals surface area (Å²) in [7, 11) is 0. The summed E-state index contributed by atoms with van der Waals surface area (Å²) in [4.78, 5) is 0. The third-order valence-electron chi connectivity index (χ3n) is 1.16. The summed E-state index contributed by atoms with van der Waals surface area (Å²) in [6.45, 7) is 7.69. The summed E-state index contributed by atoms with van der Waals surface area (Å²) in [5, 5.41) is 6.37. The van der Waals surface area contributed by atoms with Gasteiger partial charge in [-0.2, -0.15) is 0 Å². The van der Waals surface area contributed by atoms with Crippen molar-refractivity contribution in [2.75, 3.05) is 26.2 Å². The second-order valence-corrected chi connectivity index (χ2v) is 2.71. The Labute approximate surface area is 69.0 Å². The molecule has 0 aliphatic carbocycles. The van der Waals surface area contributed by atoms with Gasteiger partial charge < -0.3 is 16.4 Å². The van der Waals surface area contributed by atoms with Crippen LogP contribution in [0.4, 0.5) is 0 Å². The highest BCUT2D eigenvalue weighted by molar-refractivity contribution is 4.90. The highest BCUT2D eigenvalue weighted by Crippen LogP contribution is 1.82. The molecule has 0 saturated carbocycles. The van der Waals surface area contributed by atoms with Crippen LogP contribution in [0, 0.1) is 0 Å². The number of hydrogen-bond acceptors (Lipinski definition) is 3. The summed E-state index contributed by atoms with van der Waals surface area (Å²) >= 11 is 0. The first-order chi connectivity index (χ1) is 5.27. The van der Waals surface area contributed by atoms with E-state index in [4.69, 9.17) is 5.73 Å².